The molecule has 88 valence electrons. The maximum absolute atomic E-state index is 10.9. The van der Waals surface area contributed by atoms with Crippen molar-refractivity contribution in [3.05, 3.63) is 0 Å². The van der Waals surface area contributed by atoms with Crippen molar-refractivity contribution in [3.8, 4) is 23.7 Å². The fourth-order valence-electron chi connectivity index (χ4n) is 0.701. The van der Waals surface area contributed by atoms with Crippen LogP contribution >= 0.6 is 0 Å². The van der Waals surface area contributed by atoms with Gasteiger partial charge in [0.2, 0.25) is 0 Å². The fraction of sp³-hybridized carbons (Fsp3) is 0.545. The Bertz CT molecular complexity index is 272. The number of carbonyl (C=O) groups is 1. The number of aliphatic hydroxyl groups is 2. The third kappa shape index (κ3) is 10.4. The first-order valence-electron chi connectivity index (χ1n) is 4.74. The van der Waals surface area contributed by atoms with E-state index < -0.39 is 6.16 Å². The molecular weight excluding hydrogens is 212 g/mol. The first-order valence-corrected chi connectivity index (χ1v) is 4.74. The Kier molecular flexibility index (Phi) is 10.2. The molecule has 0 amide bonds. The van der Waals surface area contributed by atoms with Gasteiger partial charge in [-0.25, -0.2) is 4.79 Å². The first-order chi connectivity index (χ1) is 7.81. The SMILES string of the molecule is O=C(OCCC#CCO)OCCC#CCO. The van der Waals surface area contributed by atoms with Crippen LogP contribution in [0.25, 0.3) is 0 Å². The molecule has 0 radical (unpaired) electrons. The fourth-order valence-corrected chi connectivity index (χ4v) is 0.701. The first kappa shape index (κ1) is 14.3. The molecule has 0 atom stereocenters. The van der Waals surface area contributed by atoms with Crippen LogP contribution in [0.1, 0.15) is 12.8 Å². The van der Waals surface area contributed by atoms with Gasteiger partial charge in [0.05, 0.1) is 0 Å². The average molecular weight is 226 g/mol. The second kappa shape index (κ2) is 11.4. The number of hydrogen-bond acceptors (Lipinski definition) is 5. The van der Waals surface area contributed by atoms with Gasteiger partial charge in [0.1, 0.15) is 26.4 Å². The van der Waals surface area contributed by atoms with Crippen LogP contribution in [0.4, 0.5) is 4.79 Å². The zero-order valence-corrected chi connectivity index (χ0v) is 8.86. The summed E-state index contributed by atoms with van der Waals surface area (Å²) in [5.74, 6) is 10.0. The average Bonchev–Trinajstić information content (AvgIpc) is 2.28. The van der Waals surface area contributed by atoms with Gasteiger partial charge in [0.25, 0.3) is 0 Å². The van der Waals surface area contributed by atoms with Crippen LogP contribution in [0.5, 0.6) is 0 Å². The van der Waals surface area contributed by atoms with Gasteiger partial charge < -0.3 is 19.7 Å². The van der Waals surface area contributed by atoms with Gasteiger partial charge >= 0.3 is 6.16 Å². The predicted molar refractivity (Wildman–Crippen MR) is 56.3 cm³/mol. The van der Waals surface area contributed by atoms with Crippen LogP contribution in [-0.4, -0.2) is 42.8 Å². The molecule has 5 heteroatoms. The molecule has 0 saturated heterocycles. The molecule has 16 heavy (non-hydrogen) atoms. The molecule has 0 rings (SSSR count). The Morgan fingerprint density at radius 2 is 1.31 bits per heavy atom. The van der Waals surface area contributed by atoms with Crippen LogP contribution in [-0.2, 0) is 9.47 Å². The summed E-state index contributed by atoms with van der Waals surface area (Å²) >= 11 is 0. The number of carbonyl (C=O) groups excluding carboxylic acids is 1. The van der Waals surface area contributed by atoms with Crippen molar-refractivity contribution in [2.24, 2.45) is 0 Å². The third-order valence-corrected chi connectivity index (χ3v) is 1.30. The van der Waals surface area contributed by atoms with Crippen LogP contribution in [0, 0.1) is 23.7 Å². The summed E-state index contributed by atoms with van der Waals surface area (Å²) in [6.07, 6.45) is -0.0449. The maximum atomic E-state index is 10.9. The van der Waals surface area contributed by atoms with Crippen molar-refractivity contribution >= 4 is 6.16 Å². The molecule has 0 aromatic heterocycles. The number of rotatable bonds is 4. The topological polar surface area (TPSA) is 76.0 Å². The Balaban J connectivity index is 3.38. The van der Waals surface area contributed by atoms with Crippen molar-refractivity contribution in [1.82, 2.24) is 0 Å². The molecule has 0 aliphatic heterocycles. The summed E-state index contributed by atoms with van der Waals surface area (Å²) in [5.41, 5.74) is 0. The van der Waals surface area contributed by atoms with E-state index in [1.54, 1.807) is 0 Å². The minimum Gasteiger partial charge on any atom is -0.433 e. The second-order valence-electron chi connectivity index (χ2n) is 2.47. The zero-order chi connectivity index (χ0) is 12.1. The van der Waals surface area contributed by atoms with Gasteiger partial charge in [0, 0.05) is 12.8 Å². The zero-order valence-electron chi connectivity index (χ0n) is 8.86. The predicted octanol–water partition coefficient (Wildman–Crippen LogP) is -0.0888. The molecule has 0 spiro atoms. The Morgan fingerprint density at radius 1 is 0.875 bits per heavy atom. The summed E-state index contributed by atoms with van der Waals surface area (Å²) in [7, 11) is 0. The van der Waals surface area contributed by atoms with Crippen molar-refractivity contribution in [2.75, 3.05) is 26.4 Å². The minimum atomic E-state index is -0.767. The standard InChI is InChI=1S/C11H14O5/c12-7-3-1-5-9-15-11(14)16-10-6-2-4-8-13/h12-13H,5-10H2. The van der Waals surface area contributed by atoms with E-state index in [1.165, 1.54) is 0 Å². The minimum absolute atomic E-state index is 0.133. The summed E-state index contributed by atoms with van der Waals surface area (Å²) < 4.78 is 9.30. The number of ether oxygens (including phenoxy) is 2. The van der Waals surface area contributed by atoms with Crippen molar-refractivity contribution in [3.63, 3.8) is 0 Å². The van der Waals surface area contributed by atoms with Gasteiger partial charge in [-0.05, 0) is 0 Å². The van der Waals surface area contributed by atoms with Crippen molar-refractivity contribution < 1.29 is 24.5 Å². The highest BCUT2D eigenvalue weighted by atomic mass is 16.7. The summed E-state index contributed by atoms with van der Waals surface area (Å²) in [6, 6.07) is 0. The highest BCUT2D eigenvalue weighted by molar-refractivity contribution is 5.59. The molecule has 0 aromatic carbocycles. The Labute approximate surface area is 94.4 Å². The lowest BCUT2D eigenvalue weighted by Crippen LogP contribution is -2.08. The molecule has 5 nitrogen and oxygen atoms in total. The number of aliphatic hydroxyl groups excluding tert-OH is 2. The van der Waals surface area contributed by atoms with Crippen molar-refractivity contribution in [2.45, 2.75) is 12.8 Å². The molecule has 0 heterocycles. The molecule has 0 aliphatic rings. The molecule has 0 aliphatic carbocycles. The van der Waals surface area contributed by atoms with Gasteiger partial charge in [0.15, 0.2) is 0 Å². The van der Waals surface area contributed by atoms with E-state index in [0.29, 0.717) is 12.8 Å². The lowest BCUT2D eigenvalue weighted by Gasteiger charge is -2.02. The van der Waals surface area contributed by atoms with Crippen LogP contribution in [0.2, 0.25) is 0 Å². The molecule has 0 saturated carbocycles. The van der Waals surface area contributed by atoms with E-state index >= 15 is 0 Å². The normalized spacial score (nSPS) is 8.12. The second-order valence-corrected chi connectivity index (χ2v) is 2.47. The number of hydrogen-bond donors (Lipinski definition) is 2. The van der Waals surface area contributed by atoms with Crippen LogP contribution in [0.15, 0.2) is 0 Å². The van der Waals surface area contributed by atoms with E-state index in [1.807, 2.05) is 0 Å². The lowest BCUT2D eigenvalue weighted by molar-refractivity contribution is 0.0585. The molecular formula is C11H14O5. The summed E-state index contributed by atoms with van der Waals surface area (Å²) in [4.78, 5) is 10.9. The van der Waals surface area contributed by atoms with Crippen LogP contribution in [0.3, 0.4) is 0 Å². The third-order valence-electron chi connectivity index (χ3n) is 1.30. The quantitative estimate of drug-likeness (QED) is 0.398. The van der Waals surface area contributed by atoms with E-state index in [2.05, 4.69) is 33.2 Å². The van der Waals surface area contributed by atoms with Gasteiger partial charge in [-0.3, -0.25) is 0 Å². The van der Waals surface area contributed by atoms with Gasteiger partial charge in [-0.15, -0.1) is 0 Å². The molecule has 0 fully saturated rings. The van der Waals surface area contributed by atoms with Crippen LogP contribution < -0.4 is 0 Å². The van der Waals surface area contributed by atoms with E-state index in [9.17, 15) is 4.79 Å². The maximum Gasteiger partial charge on any atom is 0.508 e. The molecule has 2 N–H and O–H groups in total. The summed E-state index contributed by atoms with van der Waals surface area (Å²) in [5, 5.41) is 16.7. The van der Waals surface area contributed by atoms with E-state index in [-0.39, 0.29) is 26.4 Å². The highest BCUT2D eigenvalue weighted by Gasteiger charge is 2.00. The largest absolute Gasteiger partial charge is 0.508 e. The lowest BCUT2D eigenvalue weighted by atomic mass is 10.4. The molecule has 0 aromatic rings. The molecule has 0 unspecified atom stereocenters. The van der Waals surface area contributed by atoms with Gasteiger partial charge in [-0.1, -0.05) is 23.7 Å². The highest BCUT2D eigenvalue weighted by Crippen LogP contribution is 1.89. The smallest absolute Gasteiger partial charge is 0.433 e. The van der Waals surface area contributed by atoms with Crippen molar-refractivity contribution in [1.29, 1.82) is 0 Å². The summed E-state index contributed by atoms with van der Waals surface area (Å²) in [6.45, 7) is -0.135. The Morgan fingerprint density at radius 3 is 1.69 bits per heavy atom. The van der Waals surface area contributed by atoms with E-state index in [0.717, 1.165) is 0 Å². The van der Waals surface area contributed by atoms with Gasteiger partial charge in [-0.2, -0.15) is 0 Å². The Hall–Kier alpha value is -1.69. The monoisotopic (exact) mass is 226 g/mol. The van der Waals surface area contributed by atoms with E-state index in [4.69, 9.17) is 10.2 Å². The molecule has 0 bridgehead atoms.